The molecule has 224 valence electrons. The van der Waals surface area contributed by atoms with Crippen molar-refractivity contribution in [2.24, 2.45) is 5.92 Å². The van der Waals surface area contributed by atoms with Gasteiger partial charge in [0.2, 0.25) is 5.91 Å². The fraction of sp³-hybridized carbons (Fsp3) is 0.375. The maximum atomic E-state index is 13.7. The van der Waals surface area contributed by atoms with Gasteiger partial charge in [0.25, 0.3) is 5.91 Å². The minimum atomic E-state index is -4.39. The van der Waals surface area contributed by atoms with Crippen LogP contribution in [-0.4, -0.2) is 65.6 Å². The van der Waals surface area contributed by atoms with Crippen LogP contribution in [0.4, 0.5) is 18.9 Å². The first-order valence-corrected chi connectivity index (χ1v) is 13.9. The molecule has 0 spiro atoms. The molecule has 7 nitrogen and oxygen atoms in total. The molecular weight excluding hydrogens is 547 g/mol. The summed E-state index contributed by atoms with van der Waals surface area (Å²) in [6.45, 7) is 4.67. The van der Waals surface area contributed by atoms with E-state index in [2.05, 4.69) is 5.32 Å². The maximum absolute atomic E-state index is 13.7. The summed E-state index contributed by atoms with van der Waals surface area (Å²) >= 11 is 0. The van der Waals surface area contributed by atoms with E-state index in [0.717, 1.165) is 23.3 Å². The average molecular weight is 584 g/mol. The summed E-state index contributed by atoms with van der Waals surface area (Å²) in [5, 5.41) is 12.8. The Morgan fingerprint density at radius 1 is 1.10 bits per heavy atom. The van der Waals surface area contributed by atoms with Crippen molar-refractivity contribution in [1.29, 1.82) is 0 Å². The number of alkyl halides is 3. The van der Waals surface area contributed by atoms with Gasteiger partial charge in [-0.05, 0) is 55.4 Å². The molecular formula is C32H36F3N3O4. The number of aliphatic hydroxyl groups excluding tert-OH is 1. The normalized spacial score (nSPS) is 18.1. The molecule has 0 bridgehead atoms. The van der Waals surface area contributed by atoms with Crippen molar-refractivity contribution in [3.8, 4) is 5.75 Å². The van der Waals surface area contributed by atoms with Crippen LogP contribution in [0.2, 0.25) is 0 Å². The Kier molecular flexibility index (Phi) is 9.90. The van der Waals surface area contributed by atoms with Gasteiger partial charge >= 0.3 is 6.18 Å². The Hall–Kier alpha value is -3.89. The van der Waals surface area contributed by atoms with E-state index in [1.165, 1.54) is 12.1 Å². The van der Waals surface area contributed by atoms with Gasteiger partial charge in [0.15, 0.2) is 0 Å². The van der Waals surface area contributed by atoms with Crippen LogP contribution in [0.15, 0.2) is 72.8 Å². The van der Waals surface area contributed by atoms with E-state index >= 15 is 0 Å². The molecule has 0 saturated carbocycles. The van der Waals surface area contributed by atoms with E-state index in [-0.39, 0.29) is 42.4 Å². The molecule has 0 radical (unpaired) electrons. The van der Waals surface area contributed by atoms with Gasteiger partial charge in [-0.2, -0.15) is 13.2 Å². The van der Waals surface area contributed by atoms with Crippen molar-refractivity contribution in [3.05, 3.63) is 95.1 Å². The van der Waals surface area contributed by atoms with E-state index in [1.807, 2.05) is 49.2 Å². The number of halogens is 3. The molecule has 0 saturated heterocycles. The second-order valence-electron chi connectivity index (χ2n) is 10.9. The lowest BCUT2D eigenvalue weighted by Gasteiger charge is -2.38. The zero-order chi connectivity index (χ0) is 30.4. The topological polar surface area (TPSA) is 82.1 Å². The number of aliphatic hydroxyl groups is 1. The minimum absolute atomic E-state index is 0.128. The van der Waals surface area contributed by atoms with E-state index in [1.54, 1.807) is 30.0 Å². The van der Waals surface area contributed by atoms with Crippen molar-refractivity contribution in [2.75, 3.05) is 32.1 Å². The fourth-order valence-electron chi connectivity index (χ4n) is 4.99. The highest BCUT2D eigenvalue weighted by molar-refractivity contribution is 6.00. The second kappa shape index (κ2) is 13.4. The Bertz CT molecular complexity index is 1370. The molecule has 1 aliphatic heterocycles. The molecule has 3 aromatic rings. The lowest BCUT2D eigenvalue weighted by molar-refractivity contribution is -0.137. The molecule has 1 heterocycles. The maximum Gasteiger partial charge on any atom is 0.416 e. The number of rotatable bonds is 9. The number of carbonyl (C=O) groups is 2. The van der Waals surface area contributed by atoms with E-state index in [9.17, 15) is 27.9 Å². The number of ether oxygens (including phenoxy) is 1. The summed E-state index contributed by atoms with van der Waals surface area (Å²) < 4.78 is 45.3. The predicted octanol–water partition coefficient (Wildman–Crippen LogP) is 5.24. The second-order valence-corrected chi connectivity index (χ2v) is 10.9. The summed E-state index contributed by atoms with van der Waals surface area (Å²) in [5.41, 5.74) is 1.62. The largest absolute Gasteiger partial charge is 0.488 e. The third kappa shape index (κ3) is 7.89. The van der Waals surface area contributed by atoms with Crippen LogP contribution in [0.3, 0.4) is 0 Å². The zero-order valence-electron chi connectivity index (χ0n) is 23.9. The molecule has 0 aliphatic carbocycles. The number of likely N-dealkylation sites (N-methyl/N-ethyl adjacent to an activating group) is 1. The van der Waals surface area contributed by atoms with Crippen LogP contribution in [-0.2, 0) is 23.9 Å². The molecule has 3 aromatic carbocycles. The van der Waals surface area contributed by atoms with Crippen LogP contribution < -0.4 is 10.1 Å². The lowest BCUT2D eigenvalue weighted by atomic mass is 9.99. The number of hydrogen-bond acceptors (Lipinski definition) is 5. The van der Waals surface area contributed by atoms with Gasteiger partial charge in [0.05, 0.1) is 30.2 Å². The quantitative estimate of drug-likeness (QED) is 0.360. The first-order valence-electron chi connectivity index (χ1n) is 13.9. The highest BCUT2D eigenvalue weighted by atomic mass is 19.4. The van der Waals surface area contributed by atoms with Crippen LogP contribution in [0, 0.1) is 5.92 Å². The SMILES string of the molecule is C[C@@H]1CN([C@H](C)CO)C(=O)c2cc(NC(=O)Cc3ccccc3)ccc2O[C@@H]1CN(C)Cc1ccc(C(F)(F)F)cc1. The highest BCUT2D eigenvalue weighted by Gasteiger charge is 2.34. The molecule has 10 heteroatoms. The number of nitrogens with zero attached hydrogens (tertiary/aromatic N) is 2. The number of fused-ring (bicyclic) bond motifs is 1. The van der Waals surface area contributed by atoms with E-state index in [0.29, 0.717) is 31.1 Å². The molecule has 2 amide bonds. The first kappa shape index (κ1) is 31.1. The zero-order valence-corrected chi connectivity index (χ0v) is 23.9. The fourth-order valence-corrected chi connectivity index (χ4v) is 4.99. The standard InChI is InChI=1S/C32H36F3N3O4/c1-21-17-38(22(2)20-39)31(41)27-16-26(36-30(40)15-23-7-5-4-6-8-23)13-14-28(27)42-29(21)19-37(3)18-24-9-11-25(12-10-24)32(33,34)35/h4-14,16,21-22,29,39H,15,17-20H2,1-3H3,(H,36,40)/t21-,22-,29-/m1/s1. The summed E-state index contributed by atoms with van der Waals surface area (Å²) in [7, 11) is 1.86. The smallest absolute Gasteiger partial charge is 0.416 e. The molecule has 0 fully saturated rings. The van der Waals surface area contributed by atoms with Crippen LogP contribution in [0.5, 0.6) is 5.75 Å². The van der Waals surface area contributed by atoms with Crippen molar-refractivity contribution in [1.82, 2.24) is 9.80 Å². The summed E-state index contributed by atoms with van der Waals surface area (Å²) in [6.07, 6.45) is -4.58. The van der Waals surface area contributed by atoms with Crippen LogP contribution >= 0.6 is 0 Å². The highest BCUT2D eigenvalue weighted by Crippen LogP contribution is 2.32. The Morgan fingerprint density at radius 3 is 2.43 bits per heavy atom. The van der Waals surface area contributed by atoms with Gasteiger partial charge in [-0.1, -0.05) is 49.4 Å². The summed E-state index contributed by atoms with van der Waals surface area (Å²) in [4.78, 5) is 29.9. The van der Waals surface area contributed by atoms with Gasteiger partial charge in [0, 0.05) is 31.2 Å². The number of benzene rings is 3. The molecule has 42 heavy (non-hydrogen) atoms. The van der Waals surface area contributed by atoms with Gasteiger partial charge in [0.1, 0.15) is 11.9 Å². The van der Waals surface area contributed by atoms with Gasteiger partial charge in [-0.3, -0.25) is 14.5 Å². The van der Waals surface area contributed by atoms with Crippen LogP contribution in [0.25, 0.3) is 0 Å². The van der Waals surface area contributed by atoms with Gasteiger partial charge in [-0.25, -0.2) is 0 Å². The number of anilines is 1. The number of hydrogen-bond donors (Lipinski definition) is 2. The Labute approximate surface area is 243 Å². The van der Waals surface area contributed by atoms with Crippen molar-refractivity contribution in [2.45, 2.75) is 45.1 Å². The molecule has 3 atom stereocenters. The van der Waals surface area contributed by atoms with Crippen molar-refractivity contribution in [3.63, 3.8) is 0 Å². The summed E-state index contributed by atoms with van der Waals surface area (Å²) in [5.74, 6) is -0.307. The Morgan fingerprint density at radius 2 is 1.79 bits per heavy atom. The molecule has 4 rings (SSSR count). The third-order valence-corrected chi connectivity index (χ3v) is 7.38. The predicted molar refractivity (Wildman–Crippen MR) is 154 cm³/mol. The molecule has 0 aromatic heterocycles. The molecule has 0 unspecified atom stereocenters. The van der Waals surface area contributed by atoms with Crippen molar-refractivity contribution < 1.29 is 32.6 Å². The molecule has 1 aliphatic rings. The lowest BCUT2D eigenvalue weighted by Crippen LogP contribution is -2.49. The number of carbonyl (C=O) groups excluding carboxylic acids is 2. The first-order chi connectivity index (χ1) is 19.9. The number of nitrogens with one attached hydrogen (secondary N) is 1. The average Bonchev–Trinajstić information content (AvgIpc) is 2.95. The number of amides is 2. The minimum Gasteiger partial charge on any atom is -0.488 e. The van der Waals surface area contributed by atoms with Gasteiger partial charge in [-0.15, -0.1) is 0 Å². The molecule has 2 N–H and O–H groups in total. The van der Waals surface area contributed by atoms with E-state index < -0.39 is 17.8 Å². The summed E-state index contributed by atoms with van der Waals surface area (Å²) in [6, 6.07) is 18.9. The van der Waals surface area contributed by atoms with E-state index in [4.69, 9.17) is 4.74 Å². The van der Waals surface area contributed by atoms with Crippen molar-refractivity contribution >= 4 is 17.5 Å². The monoisotopic (exact) mass is 583 g/mol. The Balaban J connectivity index is 1.53. The van der Waals surface area contributed by atoms with Crippen LogP contribution in [0.1, 0.15) is 40.9 Å². The third-order valence-electron chi connectivity index (χ3n) is 7.38. The van der Waals surface area contributed by atoms with Gasteiger partial charge < -0.3 is 20.1 Å².